The number of hydrogen-bond donors (Lipinski definition) is 0. The van der Waals surface area contributed by atoms with Crippen LogP contribution in [0.25, 0.3) is 10.9 Å². The van der Waals surface area contributed by atoms with E-state index < -0.39 is 0 Å². The number of ether oxygens (including phenoxy) is 1. The Morgan fingerprint density at radius 1 is 1.19 bits per heavy atom. The van der Waals surface area contributed by atoms with Crippen molar-refractivity contribution < 1.29 is 9.53 Å². The molecule has 1 saturated heterocycles. The Morgan fingerprint density at radius 3 is 2.58 bits per heavy atom. The summed E-state index contributed by atoms with van der Waals surface area (Å²) >= 11 is 0. The lowest BCUT2D eigenvalue weighted by Crippen LogP contribution is -2.50. The molecule has 0 spiro atoms. The maximum atomic E-state index is 13.2. The molecule has 1 aromatic heterocycles. The highest BCUT2D eigenvalue weighted by molar-refractivity contribution is 5.95. The van der Waals surface area contributed by atoms with Crippen LogP contribution in [0.2, 0.25) is 0 Å². The first kappa shape index (κ1) is 20.9. The van der Waals surface area contributed by atoms with Gasteiger partial charge < -0.3 is 24.0 Å². The van der Waals surface area contributed by atoms with Gasteiger partial charge in [-0.15, -0.1) is 0 Å². The molecule has 0 aliphatic carbocycles. The minimum atomic E-state index is -0.263. The number of nitrogens with zero attached hydrogens (tertiary/aromatic N) is 5. The number of hydrogen-bond acceptors (Lipinski definition) is 6. The third-order valence-corrected chi connectivity index (χ3v) is 5.83. The normalized spacial score (nSPS) is 16.4. The van der Waals surface area contributed by atoms with Crippen LogP contribution in [0.1, 0.15) is 12.0 Å². The number of fused-ring (bicyclic) bond motifs is 1. The Hall–Kier alpha value is -3.31. The number of anilines is 1. The van der Waals surface area contributed by atoms with Crippen molar-refractivity contribution in [1.82, 2.24) is 14.4 Å². The minimum Gasteiger partial charge on any atom is -0.488 e. The monoisotopic (exact) mass is 421 g/mol. The maximum absolute atomic E-state index is 13.2. The zero-order valence-corrected chi connectivity index (χ0v) is 18.0. The maximum Gasteiger partial charge on any atom is 0.288 e. The summed E-state index contributed by atoms with van der Waals surface area (Å²) in [5.41, 5.74) is 1.40. The van der Waals surface area contributed by atoms with E-state index in [-0.39, 0.29) is 17.0 Å². The van der Waals surface area contributed by atoms with Gasteiger partial charge in [0.1, 0.15) is 11.6 Å². The third-order valence-electron chi connectivity index (χ3n) is 5.83. The molecule has 1 aromatic carbocycles. The van der Waals surface area contributed by atoms with Gasteiger partial charge in [0.05, 0.1) is 17.8 Å². The number of rotatable bonds is 5. The largest absolute Gasteiger partial charge is 0.488 e. The van der Waals surface area contributed by atoms with Crippen molar-refractivity contribution in [2.75, 3.05) is 58.3 Å². The SMILES string of the molecule is CN(C)CCn1c(=O)c(C#N)c(N2CCN(C(=O)C3=CCCO3)CC2)c2ccccc21. The lowest BCUT2D eigenvalue weighted by atomic mass is 10.1. The highest BCUT2D eigenvalue weighted by atomic mass is 16.5. The van der Waals surface area contributed by atoms with Gasteiger partial charge in [-0.05, 0) is 26.2 Å². The number of piperazine rings is 1. The van der Waals surface area contributed by atoms with Crippen LogP contribution in [0.15, 0.2) is 40.9 Å². The fourth-order valence-electron chi connectivity index (χ4n) is 4.20. The Morgan fingerprint density at radius 2 is 1.94 bits per heavy atom. The first-order valence-corrected chi connectivity index (χ1v) is 10.6. The zero-order chi connectivity index (χ0) is 22.0. The second-order valence-electron chi connectivity index (χ2n) is 8.10. The van der Waals surface area contributed by atoms with Crippen molar-refractivity contribution in [2.24, 2.45) is 0 Å². The highest BCUT2D eigenvalue weighted by Crippen LogP contribution is 2.30. The van der Waals surface area contributed by atoms with Gasteiger partial charge >= 0.3 is 0 Å². The molecule has 0 atom stereocenters. The van der Waals surface area contributed by atoms with Gasteiger partial charge in [-0.3, -0.25) is 9.59 Å². The van der Waals surface area contributed by atoms with Gasteiger partial charge in [0.25, 0.3) is 11.5 Å². The number of carbonyl (C=O) groups excluding carboxylic acids is 1. The Balaban J connectivity index is 1.67. The van der Waals surface area contributed by atoms with E-state index >= 15 is 0 Å². The molecule has 3 heterocycles. The van der Waals surface area contributed by atoms with Crippen LogP contribution in [-0.2, 0) is 16.1 Å². The zero-order valence-electron chi connectivity index (χ0n) is 18.0. The topological polar surface area (TPSA) is 81.8 Å². The summed E-state index contributed by atoms with van der Waals surface area (Å²) in [5.74, 6) is 0.349. The van der Waals surface area contributed by atoms with Crippen molar-refractivity contribution in [1.29, 1.82) is 5.26 Å². The predicted octanol–water partition coefficient (Wildman–Crippen LogP) is 1.39. The van der Waals surface area contributed by atoms with Crippen LogP contribution in [0.5, 0.6) is 0 Å². The number of nitriles is 1. The molecule has 1 amide bonds. The van der Waals surface area contributed by atoms with Gasteiger partial charge in [-0.25, -0.2) is 0 Å². The van der Waals surface area contributed by atoms with Gasteiger partial charge in [0, 0.05) is 51.1 Å². The molecule has 4 rings (SSSR count). The molecule has 31 heavy (non-hydrogen) atoms. The molecule has 0 N–H and O–H groups in total. The number of benzene rings is 1. The number of pyridine rings is 1. The van der Waals surface area contributed by atoms with Crippen molar-refractivity contribution in [3.63, 3.8) is 0 Å². The molecule has 0 unspecified atom stereocenters. The summed E-state index contributed by atoms with van der Waals surface area (Å²) in [6, 6.07) is 9.90. The van der Waals surface area contributed by atoms with E-state index in [1.54, 1.807) is 9.47 Å². The van der Waals surface area contributed by atoms with Crippen molar-refractivity contribution >= 4 is 22.5 Å². The first-order chi connectivity index (χ1) is 15.0. The number of para-hydroxylation sites is 1. The summed E-state index contributed by atoms with van der Waals surface area (Å²) in [6.07, 6.45) is 2.60. The Bertz CT molecular complexity index is 1120. The fraction of sp³-hybridized carbons (Fsp3) is 0.435. The van der Waals surface area contributed by atoms with Gasteiger partial charge in [0.2, 0.25) is 0 Å². The van der Waals surface area contributed by atoms with Gasteiger partial charge in [-0.2, -0.15) is 5.26 Å². The molecule has 8 nitrogen and oxygen atoms in total. The Kier molecular flexibility index (Phi) is 5.96. The van der Waals surface area contributed by atoms with Crippen LogP contribution in [0.3, 0.4) is 0 Å². The van der Waals surface area contributed by atoms with Gasteiger partial charge in [-0.1, -0.05) is 18.2 Å². The standard InChI is InChI=1S/C23H27N5O3/c1-25(2)9-14-28-19-7-4-3-6-17(19)21(18(16-24)22(28)29)26-10-12-27(13-11-26)23(30)20-8-5-15-31-20/h3-4,6-8H,5,9-15H2,1-2H3. The summed E-state index contributed by atoms with van der Waals surface area (Å²) in [6.45, 7) is 3.91. The second kappa shape index (κ2) is 8.82. The van der Waals surface area contributed by atoms with Crippen molar-refractivity contribution in [3.8, 4) is 6.07 Å². The number of likely N-dealkylation sites (N-methyl/N-ethyl adjacent to an activating group) is 1. The molecular formula is C23H27N5O3. The van der Waals surface area contributed by atoms with Crippen molar-refractivity contribution in [3.05, 3.63) is 52.0 Å². The average Bonchev–Trinajstić information content (AvgIpc) is 3.32. The van der Waals surface area contributed by atoms with E-state index in [1.165, 1.54) is 0 Å². The van der Waals surface area contributed by atoms with E-state index in [0.717, 1.165) is 17.3 Å². The molecular weight excluding hydrogens is 394 g/mol. The van der Waals surface area contributed by atoms with E-state index in [9.17, 15) is 14.9 Å². The number of carbonyl (C=O) groups is 1. The van der Waals surface area contributed by atoms with Crippen LogP contribution >= 0.6 is 0 Å². The molecule has 1 fully saturated rings. The summed E-state index contributed by atoms with van der Waals surface area (Å²) in [4.78, 5) is 31.7. The molecule has 2 aliphatic heterocycles. The lowest BCUT2D eigenvalue weighted by molar-refractivity contribution is -0.130. The van der Waals surface area contributed by atoms with Crippen LogP contribution < -0.4 is 10.5 Å². The molecule has 8 heteroatoms. The highest BCUT2D eigenvalue weighted by Gasteiger charge is 2.29. The summed E-state index contributed by atoms with van der Waals surface area (Å²) < 4.78 is 7.10. The molecule has 162 valence electrons. The quantitative estimate of drug-likeness (QED) is 0.726. The van der Waals surface area contributed by atoms with Crippen molar-refractivity contribution in [2.45, 2.75) is 13.0 Å². The molecule has 2 aromatic rings. The van der Waals surface area contributed by atoms with Gasteiger partial charge in [0.15, 0.2) is 5.76 Å². The van der Waals surface area contributed by atoms with Crippen LogP contribution in [0, 0.1) is 11.3 Å². The molecule has 2 aliphatic rings. The van der Waals surface area contributed by atoms with E-state index in [1.807, 2.05) is 49.3 Å². The summed E-state index contributed by atoms with van der Waals surface area (Å²) in [5, 5.41) is 10.8. The number of amides is 1. The Labute approximate surface area is 181 Å². The van der Waals surface area contributed by atoms with E-state index in [2.05, 4.69) is 11.0 Å². The molecule has 0 saturated carbocycles. The third kappa shape index (κ3) is 4.01. The minimum absolute atomic E-state index is 0.0818. The van der Waals surface area contributed by atoms with E-state index in [0.29, 0.717) is 57.3 Å². The summed E-state index contributed by atoms with van der Waals surface area (Å²) in [7, 11) is 3.92. The average molecular weight is 422 g/mol. The second-order valence-corrected chi connectivity index (χ2v) is 8.10. The molecule has 0 radical (unpaired) electrons. The fourth-order valence-corrected chi connectivity index (χ4v) is 4.20. The van der Waals surface area contributed by atoms with E-state index in [4.69, 9.17) is 4.74 Å². The molecule has 0 bridgehead atoms. The van der Waals surface area contributed by atoms with Crippen LogP contribution in [-0.4, -0.2) is 73.7 Å². The lowest BCUT2D eigenvalue weighted by Gasteiger charge is -2.37. The number of aromatic nitrogens is 1. The smallest absolute Gasteiger partial charge is 0.288 e. The van der Waals surface area contributed by atoms with Crippen LogP contribution in [0.4, 0.5) is 5.69 Å². The predicted molar refractivity (Wildman–Crippen MR) is 119 cm³/mol. The first-order valence-electron chi connectivity index (χ1n) is 10.6.